The second kappa shape index (κ2) is 13.7. The summed E-state index contributed by atoms with van der Waals surface area (Å²) in [6.07, 6.45) is -0.732. The normalized spacial score (nSPS) is 14.5. The van der Waals surface area contributed by atoms with Gasteiger partial charge < -0.3 is 4.74 Å². The fraction of sp³-hybridized carbons (Fsp3) is 0.303. The number of aliphatic imine (C=N–C) groups is 1. The van der Waals surface area contributed by atoms with E-state index in [0.29, 0.717) is 29.5 Å². The predicted molar refractivity (Wildman–Crippen MR) is 169 cm³/mol. The van der Waals surface area contributed by atoms with E-state index in [0.717, 1.165) is 40.8 Å². The first-order valence-corrected chi connectivity index (χ1v) is 15.5. The lowest BCUT2D eigenvalue weighted by Crippen LogP contribution is -2.31. The van der Waals surface area contributed by atoms with Crippen molar-refractivity contribution in [3.8, 4) is 22.8 Å². The van der Waals surface area contributed by atoms with Crippen LogP contribution in [0.4, 0.5) is 18.9 Å². The molecule has 0 saturated carbocycles. The van der Waals surface area contributed by atoms with Crippen LogP contribution in [0.3, 0.4) is 0 Å². The van der Waals surface area contributed by atoms with Gasteiger partial charge in [0.25, 0.3) is 0 Å². The quantitative estimate of drug-likeness (QED) is 0.166. The summed E-state index contributed by atoms with van der Waals surface area (Å²) in [5.41, 5.74) is 5.39. The van der Waals surface area contributed by atoms with Crippen molar-refractivity contribution < 1.29 is 27.5 Å². The number of alkyl halides is 3. The average Bonchev–Trinajstić information content (AvgIpc) is 3.62. The first-order chi connectivity index (χ1) is 21.5. The highest BCUT2D eigenvalue weighted by Gasteiger charge is 2.32. The van der Waals surface area contributed by atoms with Gasteiger partial charge >= 0.3 is 6.36 Å². The van der Waals surface area contributed by atoms with Gasteiger partial charge in [-0.15, -0.1) is 18.3 Å². The second-order valence-electron chi connectivity index (χ2n) is 11.0. The number of halogens is 3. The number of carbonyl (C=O) groups is 2. The number of nitrogens with zero attached hydrogens (tertiary/aromatic N) is 5. The van der Waals surface area contributed by atoms with Crippen molar-refractivity contribution in [1.82, 2.24) is 14.8 Å². The van der Waals surface area contributed by atoms with Crippen LogP contribution in [0, 0.1) is 6.92 Å². The molecule has 0 unspecified atom stereocenters. The van der Waals surface area contributed by atoms with E-state index >= 15 is 0 Å². The Labute approximate surface area is 263 Å². The number of hydrogen-bond donors (Lipinski definition) is 0. The van der Waals surface area contributed by atoms with Crippen LogP contribution in [0.1, 0.15) is 55.7 Å². The minimum atomic E-state index is -4.75. The van der Waals surface area contributed by atoms with Gasteiger partial charge in [-0.25, -0.2) is 9.67 Å². The summed E-state index contributed by atoms with van der Waals surface area (Å²) < 4.78 is 42.6. The minimum Gasteiger partial charge on any atom is -0.406 e. The molecule has 0 radical (unpaired) electrons. The van der Waals surface area contributed by atoms with E-state index in [4.69, 9.17) is 0 Å². The SMILES string of the molecule is Cc1ccc(N2C(=O)CSC2=NC(=O)CCCCc2ccc(-c3ncn(-c4ccc(OC(F)(F)F)cc4)n3)cc2)c(C(C)C)c1. The number of ether oxygens (including phenoxy) is 1. The number of carbonyl (C=O) groups excluding carboxylic acids is 2. The lowest BCUT2D eigenvalue weighted by Gasteiger charge is -2.22. The zero-order valence-electron chi connectivity index (χ0n) is 25.0. The topological polar surface area (TPSA) is 89.7 Å². The highest BCUT2D eigenvalue weighted by molar-refractivity contribution is 8.15. The molecule has 0 aliphatic carbocycles. The summed E-state index contributed by atoms with van der Waals surface area (Å²) in [5, 5.41) is 4.87. The van der Waals surface area contributed by atoms with Crippen molar-refractivity contribution in [1.29, 1.82) is 0 Å². The smallest absolute Gasteiger partial charge is 0.406 e. The fourth-order valence-electron chi connectivity index (χ4n) is 4.93. The lowest BCUT2D eigenvalue weighted by atomic mass is 9.98. The first kappa shape index (κ1) is 32.0. The van der Waals surface area contributed by atoms with Crippen molar-refractivity contribution >= 4 is 34.4 Å². The number of aromatic nitrogens is 3. The first-order valence-electron chi connectivity index (χ1n) is 14.5. The van der Waals surface area contributed by atoms with Crippen LogP contribution in [-0.4, -0.2) is 43.9 Å². The summed E-state index contributed by atoms with van der Waals surface area (Å²) in [7, 11) is 0. The van der Waals surface area contributed by atoms with Gasteiger partial charge in [-0.05, 0) is 73.6 Å². The number of rotatable bonds is 10. The van der Waals surface area contributed by atoms with Crippen LogP contribution >= 0.6 is 11.8 Å². The number of anilines is 1. The van der Waals surface area contributed by atoms with Crippen LogP contribution < -0.4 is 9.64 Å². The molecular formula is C33H32F3N5O3S. The number of unbranched alkanes of at least 4 members (excludes halogenated alkanes) is 1. The number of amides is 2. The Balaban J connectivity index is 1.13. The van der Waals surface area contributed by atoms with Gasteiger partial charge in [0.1, 0.15) is 12.1 Å². The molecule has 1 aliphatic heterocycles. The standard InChI is InChI=1S/C33H32F3N5O3S/c1-21(2)27-18-22(3)8-17-28(27)41-30(43)19-45-32(41)38-29(42)7-5-4-6-23-9-11-24(12-10-23)31-37-20-40(39-31)25-13-15-26(16-14-25)44-33(34,35)36/h8-18,20-21H,4-7,19H2,1-3H3. The van der Waals surface area contributed by atoms with Crippen LogP contribution in [0.5, 0.6) is 5.75 Å². The van der Waals surface area contributed by atoms with E-state index in [1.807, 2.05) is 43.3 Å². The van der Waals surface area contributed by atoms with Crippen molar-refractivity contribution in [2.24, 2.45) is 4.99 Å². The zero-order chi connectivity index (χ0) is 32.1. The highest BCUT2D eigenvalue weighted by Crippen LogP contribution is 2.34. The fourth-order valence-corrected chi connectivity index (χ4v) is 5.81. The Morgan fingerprint density at radius 1 is 1.04 bits per heavy atom. The molecule has 1 saturated heterocycles. The third-order valence-corrected chi connectivity index (χ3v) is 8.10. The molecule has 12 heteroatoms. The van der Waals surface area contributed by atoms with E-state index in [-0.39, 0.29) is 29.2 Å². The summed E-state index contributed by atoms with van der Waals surface area (Å²) in [6.45, 7) is 6.18. The maximum Gasteiger partial charge on any atom is 0.573 e. The lowest BCUT2D eigenvalue weighted by molar-refractivity contribution is -0.274. The molecule has 0 atom stereocenters. The summed E-state index contributed by atoms with van der Waals surface area (Å²) in [5.74, 6) is 0.330. The van der Waals surface area contributed by atoms with Gasteiger partial charge in [0.2, 0.25) is 11.8 Å². The number of hydrogen-bond acceptors (Lipinski definition) is 6. The van der Waals surface area contributed by atoms with Crippen molar-refractivity contribution in [2.75, 3.05) is 10.7 Å². The number of thioether (sulfide) groups is 1. The molecule has 1 aliphatic rings. The monoisotopic (exact) mass is 635 g/mol. The molecule has 4 aromatic rings. The molecule has 3 aromatic carbocycles. The van der Waals surface area contributed by atoms with Crippen LogP contribution in [0.2, 0.25) is 0 Å². The minimum absolute atomic E-state index is 0.0728. The Bertz CT molecular complexity index is 1700. The average molecular weight is 636 g/mol. The van der Waals surface area contributed by atoms with E-state index in [9.17, 15) is 22.8 Å². The van der Waals surface area contributed by atoms with Gasteiger partial charge in [0, 0.05) is 12.0 Å². The maximum absolute atomic E-state index is 12.7. The van der Waals surface area contributed by atoms with Crippen LogP contribution in [0.15, 0.2) is 78.0 Å². The molecule has 1 aromatic heterocycles. The molecule has 0 spiro atoms. The van der Waals surface area contributed by atoms with Gasteiger partial charge in [0.15, 0.2) is 11.0 Å². The molecule has 5 rings (SSSR count). The second-order valence-corrected chi connectivity index (χ2v) is 11.9. The molecule has 45 heavy (non-hydrogen) atoms. The largest absolute Gasteiger partial charge is 0.573 e. The van der Waals surface area contributed by atoms with Crippen LogP contribution in [0.25, 0.3) is 17.1 Å². The summed E-state index contributed by atoms with van der Waals surface area (Å²) in [4.78, 5) is 35.7. The molecular weight excluding hydrogens is 603 g/mol. The van der Waals surface area contributed by atoms with E-state index < -0.39 is 6.36 Å². The molecule has 0 N–H and O–H groups in total. The summed E-state index contributed by atoms with van der Waals surface area (Å²) >= 11 is 1.30. The maximum atomic E-state index is 12.7. The Morgan fingerprint density at radius 2 is 1.78 bits per heavy atom. The van der Waals surface area contributed by atoms with Crippen molar-refractivity contribution in [3.63, 3.8) is 0 Å². The number of aryl methyl sites for hydroxylation is 2. The predicted octanol–water partition coefficient (Wildman–Crippen LogP) is 7.64. The Kier molecular flexibility index (Phi) is 9.71. The Hall–Kier alpha value is -4.45. The van der Waals surface area contributed by atoms with E-state index in [1.165, 1.54) is 47.0 Å². The molecule has 2 heterocycles. The van der Waals surface area contributed by atoms with Crippen LogP contribution in [-0.2, 0) is 16.0 Å². The van der Waals surface area contributed by atoms with Gasteiger partial charge in [-0.1, -0.05) is 67.6 Å². The highest BCUT2D eigenvalue weighted by atomic mass is 32.2. The molecule has 234 valence electrons. The zero-order valence-corrected chi connectivity index (χ0v) is 25.9. The molecule has 0 bridgehead atoms. The molecule has 2 amide bonds. The van der Waals surface area contributed by atoms with Crippen molar-refractivity contribution in [2.45, 2.75) is 58.7 Å². The summed E-state index contributed by atoms with van der Waals surface area (Å²) in [6, 6.07) is 19.1. The number of benzene rings is 3. The van der Waals surface area contributed by atoms with Gasteiger partial charge in [-0.3, -0.25) is 14.5 Å². The van der Waals surface area contributed by atoms with Crippen molar-refractivity contribution in [3.05, 3.63) is 89.7 Å². The third-order valence-electron chi connectivity index (χ3n) is 7.18. The Morgan fingerprint density at radius 3 is 2.47 bits per heavy atom. The third kappa shape index (κ3) is 8.18. The molecule has 1 fully saturated rings. The van der Waals surface area contributed by atoms with E-state index in [2.05, 4.69) is 39.7 Å². The van der Waals surface area contributed by atoms with Gasteiger partial charge in [-0.2, -0.15) is 4.99 Å². The number of amidine groups is 1. The molecule has 8 nitrogen and oxygen atoms in total. The van der Waals surface area contributed by atoms with Gasteiger partial charge in [0.05, 0.1) is 17.1 Å². The van der Waals surface area contributed by atoms with E-state index in [1.54, 1.807) is 4.90 Å².